The molecule has 0 fully saturated rings. The zero-order chi connectivity index (χ0) is 11.3. The minimum absolute atomic E-state index is 0.0427. The van der Waals surface area contributed by atoms with Crippen LogP contribution in [0.15, 0.2) is 18.2 Å². The first-order chi connectivity index (χ1) is 7.19. The monoisotopic (exact) mass is 218 g/mol. The number of halogens is 2. The molecule has 0 bridgehead atoms. The van der Waals surface area contributed by atoms with Gasteiger partial charge in [-0.15, -0.1) is 0 Å². The average Bonchev–Trinajstić information content (AvgIpc) is 2.21. The minimum atomic E-state index is -1.30. The molecule has 0 aromatic heterocycles. The fourth-order valence-corrected chi connectivity index (χ4v) is 1.01. The second kappa shape index (κ2) is 5.14. The first kappa shape index (κ1) is 11.2. The van der Waals surface area contributed by atoms with Crippen molar-refractivity contribution in [2.75, 3.05) is 13.7 Å². The summed E-state index contributed by atoms with van der Waals surface area (Å²) in [5.41, 5.74) is -0.279. The van der Waals surface area contributed by atoms with Gasteiger partial charge in [0, 0.05) is 0 Å². The molecular formula is C9H8F2O4. The minimum Gasteiger partial charge on any atom is -0.478 e. The third kappa shape index (κ3) is 2.80. The zero-order valence-electron chi connectivity index (χ0n) is 7.57. The van der Waals surface area contributed by atoms with E-state index in [4.69, 9.17) is 5.11 Å². The Hall–Kier alpha value is -1.85. The largest absolute Gasteiger partial charge is 0.478 e. The summed E-state index contributed by atoms with van der Waals surface area (Å²) in [6.07, 6.45) is 0. The van der Waals surface area contributed by atoms with Gasteiger partial charge in [-0.3, -0.25) is 0 Å². The average molecular weight is 218 g/mol. The number of carbonyl (C=O) groups is 1. The van der Waals surface area contributed by atoms with Crippen LogP contribution >= 0.6 is 0 Å². The number of benzene rings is 1. The summed E-state index contributed by atoms with van der Waals surface area (Å²) >= 11 is 0. The Morgan fingerprint density at radius 3 is 2.47 bits per heavy atom. The summed E-state index contributed by atoms with van der Waals surface area (Å²) in [6.45, 7) is -2.20. The molecule has 82 valence electrons. The van der Waals surface area contributed by atoms with Crippen molar-refractivity contribution < 1.29 is 28.2 Å². The van der Waals surface area contributed by atoms with Gasteiger partial charge in [0.1, 0.15) is 17.1 Å². The number of aromatic carboxylic acids is 1. The van der Waals surface area contributed by atoms with E-state index in [1.807, 2.05) is 0 Å². The van der Waals surface area contributed by atoms with Crippen molar-refractivity contribution in [3.05, 3.63) is 23.8 Å². The molecule has 0 aliphatic carbocycles. The van der Waals surface area contributed by atoms with Crippen LogP contribution in [0.1, 0.15) is 10.4 Å². The van der Waals surface area contributed by atoms with Crippen LogP contribution in [0.2, 0.25) is 0 Å². The van der Waals surface area contributed by atoms with Gasteiger partial charge in [-0.25, -0.2) is 13.6 Å². The van der Waals surface area contributed by atoms with Gasteiger partial charge in [0.25, 0.3) is 0 Å². The Balaban J connectivity index is 3.03. The van der Waals surface area contributed by atoms with Crippen molar-refractivity contribution in [3.8, 4) is 11.5 Å². The molecule has 0 spiro atoms. The smallest absolute Gasteiger partial charge is 0.339 e. The number of rotatable bonds is 5. The lowest BCUT2D eigenvalue weighted by Gasteiger charge is -2.07. The summed E-state index contributed by atoms with van der Waals surface area (Å²) in [7, 11) is 0. The number of alkyl halides is 2. The van der Waals surface area contributed by atoms with Gasteiger partial charge < -0.3 is 14.6 Å². The van der Waals surface area contributed by atoms with Crippen molar-refractivity contribution >= 4 is 5.97 Å². The summed E-state index contributed by atoms with van der Waals surface area (Å²) in [4.78, 5) is 10.7. The number of carboxylic acids is 1. The van der Waals surface area contributed by atoms with Crippen molar-refractivity contribution in [1.82, 2.24) is 0 Å². The molecule has 1 rings (SSSR count). The molecule has 0 heterocycles. The molecule has 0 aliphatic heterocycles. The predicted octanol–water partition coefficient (Wildman–Crippen LogP) is 2.00. The van der Waals surface area contributed by atoms with E-state index in [1.54, 1.807) is 0 Å². The molecule has 1 N–H and O–H groups in total. The molecule has 0 radical (unpaired) electrons. The summed E-state index contributed by atoms with van der Waals surface area (Å²) in [5, 5.41) is 8.73. The summed E-state index contributed by atoms with van der Waals surface area (Å²) in [5.74, 6) is -1.39. The Bertz CT molecular complexity index is 354. The van der Waals surface area contributed by atoms with Crippen LogP contribution in [0.25, 0.3) is 0 Å². The zero-order valence-corrected chi connectivity index (χ0v) is 7.57. The predicted molar refractivity (Wildman–Crippen MR) is 46.6 cm³/mol. The molecule has 1 aromatic rings. The highest BCUT2D eigenvalue weighted by Crippen LogP contribution is 2.24. The number of hydrogen-bond acceptors (Lipinski definition) is 3. The normalized spacial score (nSPS) is 9.73. The topological polar surface area (TPSA) is 55.8 Å². The first-order valence-electron chi connectivity index (χ1n) is 3.94. The highest BCUT2D eigenvalue weighted by molar-refractivity contribution is 5.91. The van der Waals surface area contributed by atoms with Gasteiger partial charge in [-0.1, -0.05) is 0 Å². The van der Waals surface area contributed by atoms with E-state index in [0.29, 0.717) is 0 Å². The second-order valence-corrected chi connectivity index (χ2v) is 2.47. The fourth-order valence-electron chi connectivity index (χ4n) is 1.01. The Morgan fingerprint density at radius 2 is 1.93 bits per heavy atom. The van der Waals surface area contributed by atoms with Crippen LogP contribution in [0.5, 0.6) is 11.5 Å². The van der Waals surface area contributed by atoms with E-state index in [-0.39, 0.29) is 17.1 Å². The van der Waals surface area contributed by atoms with Crippen molar-refractivity contribution in [2.24, 2.45) is 0 Å². The second-order valence-electron chi connectivity index (χ2n) is 2.47. The molecule has 6 heteroatoms. The molecule has 4 nitrogen and oxygen atoms in total. The molecule has 0 unspecified atom stereocenters. The molecule has 0 saturated heterocycles. The number of hydrogen-bond donors (Lipinski definition) is 1. The van der Waals surface area contributed by atoms with Crippen molar-refractivity contribution in [2.45, 2.75) is 0 Å². The van der Waals surface area contributed by atoms with Gasteiger partial charge in [0.15, 0.2) is 0 Å². The molecule has 1 aromatic carbocycles. The van der Waals surface area contributed by atoms with E-state index in [9.17, 15) is 13.6 Å². The number of carboxylic acid groups (broad SMARTS) is 1. The van der Waals surface area contributed by atoms with Crippen molar-refractivity contribution in [1.29, 1.82) is 0 Å². The number of ether oxygens (including phenoxy) is 2. The third-order valence-corrected chi connectivity index (χ3v) is 1.61. The van der Waals surface area contributed by atoms with Gasteiger partial charge in [-0.05, 0) is 18.2 Å². The SMILES string of the molecule is O=C(O)c1cc(OCF)ccc1OCF. The Kier molecular flexibility index (Phi) is 3.84. The van der Waals surface area contributed by atoms with E-state index in [2.05, 4.69) is 9.47 Å². The highest BCUT2D eigenvalue weighted by atomic mass is 19.1. The molecule has 0 saturated carbocycles. The van der Waals surface area contributed by atoms with Gasteiger partial charge in [-0.2, -0.15) is 0 Å². The lowest BCUT2D eigenvalue weighted by atomic mass is 10.2. The quantitative estimate of drug-likeness (QED) is 0.821. The lowest BCUT2D eigenvalue weighted by Crippen LogP contribution is -2.03. The fraction of sp³-hybridized carbons (Fsp3) is 0.222. The van der Waals surface area contributed by atoms with E-state index in [0.717, 1.165) is 6.07 Å². The van der Waals surface area contributed by atoms with Gasteiger partial charge in [0.2, 0.25) is 13.7 Å². The van der Waals surface area contributed by atoms with E-state index < -0.39 is 19.7 Å². The van der Waals surface area contributed by atoms with E-state index >= 15 is 0 Å². The standard InChI is InChI=1S/C9H8F2O4/c10-4-14-6-1-2-8(15-5-11)7(3-6)9(12)13/h1-3H,4-5H2,(H,12,13). The molecular weight excluding hydrogens is 210 g/mol. The highest BCUT2D eigenvalue weighted by Gasteiger charge is 2.12. The van der Waals surface area contributed by atoms with Crippen LogP contribution in [0, 0.1) is 0 Å². The molecule has 15 heavy (non-hydrogen) atoms. The maximum atomic E-state index is 11.9. The maximum Gasteiger partial charge on any atom is 0.339 e. The lowest BCUT2D eigenvalue weighted by molar-refractivity contribution is 0.0688. The molecule has 0 atom stereocenters. The van der Waals surface area contributed by atoms with Crippen LogP contribution in [-0.4, -0.2) is 24.8 Å². The van der Waals surface area contributed by atoms with Crippen LogP contribution in [0.3, 0.4) is 0 Å². The van der Waals surface area contributed by atoms with Gasteiger partial charge >= 0.3 is 5.97 Å². The Morgan fingerprint density at radius 1 is 1.27 bits per heavy atom. The third-order valence-electron chi connectivity index (χ3n) is 1.61. The molecule has 0 amide bonds. The summed E-state index contributed by atoms with van der Waals surface area (Å²) in [6, 6.07) is 3.55. The van der Waals surface area contributed by atoms with Crippen LogP contribution in [0.4, 0.5) is 8.78 Å². The van der Waals surface area contributed by atoms with Crippen LogP contribution < -0.4 is 9.47 Å². The van der Waals surface area contributed by atoms with Crippen molar-refractivity contribution in [3.63, 3.8) is 0 Å². The van der Waals surface area contributed by atoms with E-state index in [1.165, 1.54) is 12.1 Å². The Labute approximate surface area is 84.0 Å². The van der Waals surface area contributed by atoms with Gasteiger partial charge in [0.05, 0.1) is 0 Å². The molecule has 0 aliphatic rings. The summed E-state index contributed by atoms with van der Waals surface area (Å²) < 4.78 is 32.5. The van der Waals surface area contributed by atoms with Crippen LogP contribution in [-0.2, 0) is 0 Å². The first-order valence-corrected chi connectivity index (χ1v) is 3.94. The maximum absolute atomic E-state index is 11.9.